The third-order valence-corrected chi connectivity index (χ3v) is 5.66. The van der Waals surface area contributed by atoms with Crippen LogP contribution in [0.1, 0.15) is 11.1 Å². The summed E-state index contributed by atoms with van der Waals surface area (Å²) in [6.45, 7) is 2.64. The van der Waals surface area contributed by atoms with Crippen LogP contribution < -0.4 is 15.2 Å². The van der Waals surface area contributed by atoms with Crippen LogP contribution >= 0.6 is 23.2 Å². The van der Waals surface area contributed by atoms with Crippen LogP contribution in [-0.2, 0) is 14.8 Å². The average molecular weight is 419 g/mol. The molecule has 0 spiro atoms. The van der Waals surface area contributed by atoms with Gasteiger partial charge in [0, 0.05) is 5.56 Å². The zero-order valence-electron chi connectivity index (χ0n) is 13.8. The Bertz CT molecular complexity index is 954. The molecular formula is C16H16Cl2N2O5S. The number of ether oxygens (including phenoxy) is 1. The van der Waals surface area contributed by atoms with Crippen molar-refractivity contribution in [2.45, 2.75) is 18.7 Å². The van der Waals surface area contributed by atoms with Crippen LogP contribution in [0.4, 0.5) is 11.4 Å². The van der Waals surface area contributed by atoms with Crippen molar-refractivity contribution in [1.29, 1.82) is 0 Å². The van der Waals surface area contributed by atoms with Gasteiger partial charge in [-0.25, -0.2) is 13.2 Å². The molecule has 0 atom stereocenters. The van der Waals surface area contributed by atoms with E-state index in [2.05, 4.69) is 4.72 Å². The van der Waals surface area contributed by atoms with E-state index in [1.165, 1.54) is 31.2 Å². The largest absolute Gasteiger partial charge is 0.481 e. The van der Waals surface area contributed by atoms with Crippen molar-refractivity contribution >= 4 is 50.6 Å². The van der Waals surface area contributed by atoms with Gasteiger partial charge in [0.2, 0.25) is 0 Å². The predicted molar refractivity (Wildman–Crippen MR) is 101 cm³/mol. The summed E-state index contributed by atoms with van der Waals surface area (Å²) in [4.78, 5) is 10.7. The van der Waals surface area contributed by atoms with Crippen molar-refractivity contribution in [3.8, 4) is 5.75 Å². The van der Waals surface area contributed by atoms with Crippen LogP contribution in [0.2, 0.25) is 10.0 Å². The molecule has 0 aliphatic heterocycles. The van der Waals surface area contributed by atoms with E-state index >= 15 is 0 Å². The Labute approximate surface area is 160 Å². The summed E-state index contributed by atoms with van der Waals surface area (Å²) in [6.07, 6.45) is 0. The number of rotatable bonds is 6. The summed E-state index contributed by atoms with van der Waals surface area (Å²) in [7, 11) is -4.00. The van der Waals surface area contributed by atoms with Gasteiger partial charge in [-0.15, -0.1) is 0 Å². The molecule has 0 heterocycles. The van der Waals surface area contributed by atoms with E-state index in [-0.39, 0.29) is 37.6 Å². The highest BCUT2D eigenvalue weighted by molar-refractivity contribution is 7.92. The van der Waals surface area contributed by atoms with Crippen molar-refractivity contribution in [2.75, 3.05) is 17.1 Å². The Hall–Kier alpha value is -2.16. The second-order valence-electron chi connectivity index (χ2n) is 5.48. The molecule has 4 N–H and O–H groups in total. The van der Waals surface area contributed by atoms with Gasteiger partial charge in [-0.2, -0.15) is 0 Å². The van der Waals surface area contributed by atoms with Crippen LogP contribution in [0.3, 0.4) is 0 Å². The molecular weight excluding hydrogens is 403 g/mol. The molecule has 2 aromatic carbocycles. The van der Waals surface area contributed by atoms with Gasteiger partial charge in [0.15, 0.2) is 6.61 Å². The number of halogens is 2. The fourth-order valence-electron chi connectivity index (χ4n) is 2.31. The molecule has 0 unspecified atom stereocenters. The number of hydrogen-bond acceptors (Lipinski definition) is 5. The highest BCUT2D eigenvalue weighted by Gasteiger charge is 2.22. The van der Waals surface area contributed by atoms with Crippen molar-refractivity contribution in [2.24, 2.45) is 0 Å². The van der Waals surface area contributed by atoms with E-state index < -0.39 is 22.6 Å². The lowest BCUT2D eigenvalue weighted by molar-refractivity contribution is -0.139. The third-order valence-electron chi connectivity index (χ3n) is 3.51. The molecule has 26 heavy (non-hydrogen) atoms. The van der Waals surface area contributed by atoms with Crippen LogP contribution in [0.15, 0.2) is 29.2 Å². The second-order valence-corrected chi connectivity index (χ2v) is 7.94. The first-order chi connectivity index (χ1) is 12.0. The fraction of sp³-hybridized carbons (Fsp3) is 0.188. The van der Waals surface area contributed by atoms with E-state index in [0.29, 0.717) is 5.56 Å². The first-order valence-corrected chi connectivity index (χ1v) is 9.49. The Kier molecular flexibility index (Phi) is 5.90. The lowest BCUT2D eigenvalue weighted by Gasteiger charge is -2.16. The maximum atomic E-state index is 12.7. The molecule has 0 radical (unpaired) electrons. The van der Waals surface area contributed by atoms with Crippen LogP contribution in [0.5, 0.6) is 5.75 Å². The first-order valence-electron chi connectivity index (χ1n) is 7.25. The number of sulfonamides is 1. The number of hydrogen-bond donors (Lipinski definition) is 3. The second kappa shape index (κ2) is 7.61. The molecule has 2 aromatic rings. The SMILES string of the molecule is Cc1ccc(S(=O)(=O)Nc2cc(Cl)c(N)c(Cl)c2)c(C)c1OCC(=O)O. The molecule has 2 rings (SSSR count). The first kappa shape index (κ1) is 20.2. The fourth-order valence-corrected chi connectivity index (χ4v) is 4.08. The Morgan fingerprint density at radius 3 is 2.35 bits per heavy atom. The van der Waals surface area contributed by atoms with E-state index in [1.807, 2.05) is 0 Å². The standard InChI is InChI=1S/C16H16Cl2N2O5S/c1-8-3-4-13(9(2)16(8)25-7-14(21)22)26(23,24)20-10-5-11(17)15(19)12(18)6-10/h3-6,20H,7,19H2,1-2H3,(H,21,22). The minimum atomic E-state index is -4.00. The number of aryl methyl sites for hydroxylation is 1. The molecule has 0 aliphatic rings. The highest BCUT2D eigenvalue weighted by atomic mass is 35.5. The summed E-state index contributed by atoms with van der Waals surface area (Å²) >= 11 is 11.8. The maximum Gasteiger partial charge on any atom is 0.341 e. The maximum absolute atomic E-state index is 12.7. The van der Waals surface area contributed by atoms with Gasteiger partial charge in [0.1, 0.15) is 5.75 Å². The molecule has 10 heteroatoms. The van der Waals surface area contributed by atoms with Crippen molar-refractivity contribution < 1.29 is 23.1 Å². The normalized spacial score (nSPS) is 11.2. The third kappa shape index (κ3) is 4.32. The predicted octanol–water partition coefficient (Wildman–Crippen LogP) is 3.46. The number of benzene rings is 2. The van der Waals surface area contributed by atoms with Gasteiger partial charge in [-0.1, -0.05) is 29.3 Å². The topological polar surface area (TPSA) is 119 Å². The molecule has 0 aliphatic carbocycles. The molecule has 0 saturated carbocycles. The highest BCUT2D eigenvalue weighted by Crippen LogP contribution is 2.34. The van der Waals surface area contributed by atoms with Gasteiger partial charge in [0.05, 0.1) is 26.3 Å². The van der Waals surface area contributed by atoms with E-state index in [9.17, 15) is 13.2 Å². The lowest BCUT2D eigenvalue weighted by atomic mass is 10.1. The Balaban J connectivity index is 2.43. The zero-order valence-corrected chi connectivity index (χ0v) is 16.2. The summed E-state index contributed by atoms with van der Waals surface area (Å²) in [6, 6.07) is 5.61. The molecule has 0 bridgehead atoms. The molecule has 140 valence electrons. The minimum Gasteiger partial charge on any atom is -0.481 e. The van der Waals surface area contributed by atoms with E-state index in [0.717, 1.165) is 0 Å². The zero-order chi connectivity index (χ0) is 19.6. The quantitative estimate of drug-likeness (QED) is 0.617. The summed E-state index contributed by atoms with van der Waals surface area (Å²) in [5, 5.41) is 8.99. The Morgan fingerprint density at radius 2 is 1.81 bits per heavy atom. The number of aliphatic carboxylic acids is 1. The monoisotopic (exact) mass is 418 g/mol. The Morgan fingerprint density at radius 1 is 1.23 bits per heavy atom. The number of anilines is 2. The van der Waals surface area contributed by atoms with Gasteiger partial charge in [-0.05, 0) is 37.6 Å². The lowest BCUT2D eigenvalue weighted by Crippen LogP contribution is -2.16. The number of carboxylic acids is 1. The average Bonchev–Trinajstić information content (AvgIpc) is 2.51. The van der Waals surface area contributed by atoms with Crippen molar-refractivity contribution in [1.82, 2.24) is 0 Å². The number of nitrogens with two attached hydrogens (primary N) is 1. The number of carboxylic acid groups (broad SMARTS) is 1. The summed E-state index contributed by atoms with van der Waals surface area (Å²) in [5.74, 6) is -0.968. The van der Waals surface area contributed by atoms with Gasteiger partial charge in [-0.3, -0.25) is 4.72 Å². The summed E-state index contributed by atoms with van der Waals surface area (Å²) in [5.41, 5.74) is 6.82. The number of nitrogens with one attached hydrogen (secondary N) is 1. The van der Waals surface area contributed by atoms with Crippen LogP contribution in [-0.4, -0.2) is 26.1 Å². The number of nitrogen functional groups attached to an aromatic ring is 1. The molecule has 0 fully saturated rings. The van der Waals surface area contributed by atoms with Crippen LogP contribution in [0, 0.1) is 13.8 Å². The molecule has 7 nitrogen and oxygen atoms in total. The van der Waals surface area contributed by atoms with Gasteiger partial charge < -0.3 is 15.6 Å². The minimum absolute atomic E-state index is 0.0624. The van der Waals surface area contributed by atoms with Crippen LogP contribution in [0.25, 0.3) is 0 Å². The number of carbonyl (C=O) groups is 1. The molecule has 0 aromatic heterocycles. The van der Waals surface area contributed by atoms with Crippen molar-refractivity contribution in [3.63, 3.8) is 0 Å². The van der Waals surface area contributed by atoms with E-state index in [1.54, 1.807) is 6.92 Å². The summed E-state index contributed by atoms with van der Waals surface area (Å²) < 4.78 is 33.1. The molecule has 0 amide bonds. The molecule has 0 saturated heterocycles. The van der Waals surface area contributed by atoms with E-state index in [4.69, 9.17) is 38.8 Å². The van der Waals surface area contributed by atoms with Gasteiger partial charge >= 0.3 is 5.97 Å². The smallest absolute Gasteiger partial charge is 0.341 e. The van der Waals surface area contributed by atoms with Gasteiger partial charge in [0.25, 0.3) is 10.0 Å². The van der Waals surface area contributed by atoms with Crippen molar-refractivity contribution in [3.05, 3.63) is 45.4 Å².